The van der Waals surface area contributed by atoms with Crippen molar-refractivity contribution in [1.29, 1.82) is 0 Å². The summed E-state index contributed by atoms with van der Waals surface area (Å²) in [7, 11) is 0. The van der Waals surface area contributed by atoms with Crippen molar-refractivity contribution in [3.05, 3.63) is 35.7 Å². The van der Waals surface area contributed by atoms with Crippen LogP contribution in [-0.2, 0) is 9.47 Å². The summed E-state index contributed by atoms with van der Waals surface area (Å²) < 4.78 is 11.2. The van der Waals surface area contributed by atoms with Gasteiger partial charge in [-0.2, -0.15) is 0 Å². The quantitative estimate of drug-likeness (QED) is 0.809. The molecule has 0 spiro atoms. The average Bonchev–Trinajstić information content (AvgIpc) is 2.49. The molecule has 1 amide bonds. The Balaban J connectivity index is 1.97. The number of nitrogens with zero attached hydrogens (tertiary/aromatic N) is 1. The fourth-order valence-corrected chi connectivity index (χ4v) is 2.22. The first-order chi connectivity index (χ1) is 10.6. The highest BCUT2D eigenvalue weighted by Crippen LogP contribution is 2.16. The molecule has 0 unspecified atom stereocenters. The molecule has 1 aromatic rings. The molecule has 0 saturated carbocycles. The van der Waals surface area contributed by atoms with Crippen molar-refractivity contribution in [3.63, 3.8) is 0 Å². The van der Waals surface area contributed by atoms with Crippen molar-refractivity contribution in [1.82, 2.24) is 10.3 Å². The van der Waals surface area contributed by atoms with Gasteiger partial charge in [-0.05, 0) is 26.3 Å². The number of aromatic hydroxyl groups is 1. The zero-order chi connectivity index (χ0) is 15.9. The van der Waals surface area contributed by atoms with Crippen LogP contribution in [0.3, 0.4) is 0 Å². The smallest absolute Gasteiger partial charge is 0.255 e. The SMILES string of the molecule is CC(C)=CCO[C@@H]1CCOC[C@@H]1NC(=O)c1ccncc1O. The second-order valence-electron chi connectivity index (χ2n) is 5.49. The molecule has 0 bridgehead atoms. The Bertz CT molecular complexity index is 541. The molecule has 6 heteroatoms. The van der Waals surface area contributed by atoms with E-state index in [4.69, 9.17) is 9.47 Å². The first kappa shape index (κ1) is 16.5. The number of carbonyl (C=O) groups is 1. The molecule has 22 heavy (non-hydrogen) atoms. The van der Waals surface area contributed by atoms with Crippen molar-refractivity contribution >= 4 is 5.91 Å². The van der Waals surface area contributed by atoms with Gasteiger partial charge in [-0.3, -0.25) is 9.78 Å². The molecule has 6 nitrogen and oxygen atoms in total. The lowest BCUT2D eigenvalue weighted by atomic mass is 10.1. The summed E-state index contributed by atoms with van der Waals surface area (Å²) >= 11 is 0. The summed E-state index contributed by atoms with van der Waals surface area (Å²) in [6, 6.07) is 1.24. The number of nitrogens with one attached hydrogen (secondary N) is 1. The van der Waals surface area contributed by atoms with Crippen LogP contribution in [0, 0.1) is 0 Å². The van der Waals surface area contributed by atoms with Crippen LogP contribution in [0.4, 0.5) is 0 Å². The molecule has 0 radical (unpaired) electrons. The molecule has 0 aromatic carbocycles. The van der Waals surface area contributed by atoms with Gasteiger partial charge in [-0.15, -0.1) is 0 Å². The largest absolute Gasteiger partial charge is 0.505 e. The number of hydrogen-bond donors (Lipinski definition) is 2. The minimum absolute atomic E-state index is 0.0997. The topological polar surface area (TPSA) is 80.7 Å². The predicted molar refractivity (Wildman–Crippen MR) is 81.8 cm³/mol. The van der Waals surface area contributed by atoms with Gasteiger partial charge in [0.05, 0.1) is 37.1 Å². The number of pyridine rings is 1. The van der Waals surface area contributed by atoms with Crippen molar-refractivity contribution in [3.8, 4) is 5.75 Å². The Morgan fingerprint density at radius 2 is 2.41 bits per heavy atom. The Hall–Kier alpha value is -1.92. The molecular weight excluding hydrogens is 284 g/mol. The van der Waals surface area contributed by atoms with Gasteiger partial charge in [-0.25, -0.2) is 0 Å². The van der Waals surface area contributed by atoms with Crippen LogP contribution in [0.5, 0.6) is 5.75 Å². The van der Waals surface area contributed by atoms with Gasteiger partial charge in [0.1, 0.15) is 5.75 Å². The molecule has 1 saturated heterocycles. The molecule has 2 N–H and O–H groups in total. The van der Waals surface area contributed by atoms with Gasteiger partial charge in [-0.1, -0.05) is 11.6 Å². The van der Waals surface area contributed by atoms with Crippen LogP contribution < -0.4 is 5.32 Å². The monoisotopic (exact) mass is 306 g/mol. The number of rotatable bonds is 5. The standard InChI is InChI=1S/C16H22N2O4/c1-11(2)4-8-22-15-5-7-21-10-13(15)18-16(20)12-3-6-17-9-14(12)19/h3-4,6,9,13,15,19H,5,7-8,10H2,1-2H3,(H,18,20)/t13-,15+/m0/s1. The fraction of sp³-hybridized carbons (Fsp3) is 0.500. The van der Waals surface area contributed by atoms with Crippen LogP contribution in [0.2, 0.25) is 0 Å². The summed E-state index contributed by atoms with van der Waals surface area (Å²) in [6.45, 7) is 5.56. The highest BCUT2D eigenvalue weighted by atomic mass is 16.5. The van der Waals surface area contributed by atoms with Crippen molar-refractivity contribution in [2.24, 2.45) is 0 Å². The normalized spacial score (nSPS) is 21.2. The molecule has 2 atom stereocenters. The highest BCUT2D eigenvalue weighted by molar-refractivity contribution is 5.96. The fourth-order valence-electron chi connectivity index (χ4n) is 2.22. The van der Waals surface area contributed by atoms with E-state index in [0.717, 1.165) is 6.42 Å². The molecule has 1 aromatic heterocycles. The molecule has 120 valence electrons. The third-order valence-electron chi connectivity index (χ3n) is 3.46. The van der Waals surface area contributed by atoms with Gasteiger partial charge in [0, 0.05) is 12.8 Å². The summed E-state index contributed by atoms with van der Waals surface area (Å²) in [5.74, 6) is -0.495. The first-order valence-corrected chi connectivity index (χ1v) is 7.34. The minimum atomic E-state index is -0.355. The summed E-state index contributed by atoms with van der Waals surface area (Å²) in [5, 5.41) is 12.6. The maximum atomic E-state index is 12.2. The van der Waals surface area contributed by atoms with E-state index in [1.165, 1.54) is 24.0 Å². The van der Waals surface area contributed by atoms with Crippen LogP contribution >= 0.6 is 0 Å². The second kappa shape index (κ2) is 7.91. The summed E-state index contributed by atoms with van der Waals surface area (Å²) in [4.78, 5) is 16.0. The number of amides is 1. The Kier molecular flexibility index (Phi) is 5.91. The molecule has 0 aliphatic carbocycles. The predicted octanol–water partition coefficient (Wildman–Crippen LogP) is 1.66. The molecule has 2 rings (SSSR count). The Morgan fingerprint density at radius 3 is 3.14 bits per heavy atom. The van der Waals surface area contributed by atoms with E-state index >= 15 is 0 Å². The van der Waals surface area contributed by atoms with E-state index in [1.807, 2.05) is 19.9 Å². The number of carbonyl (C=O) groups excluding carboxylic acids is 1. The van der Waals surface area contributed by atoms with Crippen LogP contribution in [0.25, 0.3) is 0 Å². The molecule has 2 heterocycles. The van der Waals surface area contributed by atoms with Crippen LogP contribution in [0.15, 0.2) is 30.1 Å². The maximum Gasteiger partial charge on any atom is 0.255 e. The number of aromatic nitrogens is 1. The molecular formula is C16H22N2O4. The van der Waals surface area contributed by atoms with Crippen LogP contribution in [0.1, 0.15) is 30.6 Å². The van der Waals surface area contributed by atoms with E-state index < -0.39 is 0 Å². The maximum absolute atomic E-state index is 12.2. The first-order valence-electron chi connectivity index (χ1n) is 7.34. The number of hydrogen-bond acceptors (Lipinski definition) is 5. The zero-order valence-corrected chi connectivity index (χ0v) is 12.9. The lowest BCUT2D eigenvalue weighted by Gasteiger charge is -2.31. The summed E-state index contributed by atoms with van der Waals surface area (Å²) in [6.07, 6.45) is 5.34. The van der Waals surface area contributed by atoms with Gasteiger partial charge < -0.3 is 19.9 Å². The van der Waals surface area contributed by atoms with E-state index in [9.17, 15) is 9.90 Å². The highest BCUT2D eigenvalue weighted by Gasteiger charge is 2.28. The Morgan fingerprint density at radius 1 is 1.59 bits per heavy atom. The number of ether oxygens (including phenoxy) is 2. The van der Waals surface area contributed by atoms with Crippen molar-refractivity contribution in [2.75, 3.05) is 19.8 Å². The van der Waals surface area contributed by atoms with Crippen LogP contribution in [-0.4, -0.2) is 48.0 Å². The van der Waals surface area contributed by atoms with E-state index in [2.05, 4.69) is 10.3 Å². The number of allylic oxidation sites excluding steroid dienone is 1. The summed E-state index contributed by atoms with van der Waals surface area (Å²) in [5.41, 5.74) is 1.39. The molecule has 1 aliphatic rings. The Labute approximate surface area is 130 Å². The third-order valence-corrected chi connectivity index (χ3v) is 3.46. The minimum Gasteiger partial charge on any atom is -0.505 e. The average molecular weight is 306 g/mol. The molecule has 1 aliphatic heterocycles. The van der Waals surface area contributed by atoms with E-state index in [0.29, 0.717) is 19.8 Å². The van der Waals surface area contributed by atoms with E-state index in [1.54, 1.807) is 0 Å². The lowest BCUT2D eigenvalue weighted by molar-refractivity contribution is -0.0457. The third kappa shape index (κ3) is 4.54. The zero-order valence-electron chi connectivity index (χ0n) is 12.9. The van der Waals surface area contributed by atoms with Crippen molar-refractivity contribution < 1.29 is 19.4 Å². The second-order valence-corrected chi connectivity index (χ2v) is 5.49. The van der Waals surface area contributed by atoms with Gasteiger partial charge in [0.2, 0.25) is 0 Å². The van der Waals surface area contributed by atoms with Gasteiger partial charge >= 0.3 is 0 Å². The van der Waals surface area contributed by atoms with E-state index in [-0.39, 0.29) is 29.4 Å². The van der Waals surface area contributed by atoms with Gasteiger partial charge in [0.15, 0.2) is 0 Å². The van der Waals surface area contributed by atoms with Gasteiger partial charge in [0.25, 0.3) is 5.91 Å². The lowest BCUT2D eigenvalue weighted by Crippen LogP contribution is -2.50. The van der Waals surface area contributed by atoms with Crippen molar-refractivity contribution in [2.45, 2.75) is 32.4 Å². The molecule has 1 fully saturated rings.